The molecule has 1 aromatic heterocycles. The molecule has 8 heteroatoms. The molecule has 1 heterocycles. The van der Waals surface area contributed by atoms with Crippen molar-refractivity contribution in [2.24, 2.45) is 0 Å². The van der Waals surface area contributed by atoms with E-state index in [1.165, 1.54) is 18.3 Å². The van der Waals surface area contributed by atoms with Crippen LogP contribution in [0.25, 0.3) is 5.70 Å². The van der Waals surface area contributed by atoms with Gasteiger partial charge in [-0.2, -0.15) is 6.07 Å². The Hall–Kier alpha value is -2.95. The van der Waals surface area contributed by atoms with Gasteiger partial charge in [0.1, 0.15) is 5.82 Å². The Morgan fingerprint density at radius 1 is 1.03 bits per heavy atom. The van der Waals surface area contributed by atoms with Crippen molar-refractivity contribution in [2.75, 3.05) is 17.7 Å². The topological polar surface area (TPSA) is 83.1 Å². The van der Waals surface area contributed by atoms with Crippen LogP contribution in [0.4, 0.5) is 15.9 Å². The predicted molar refractivity (Wildman–Crippen MR) is 115 cm³/mol. The van der Waals surface area contributed by atoms with Crippen LogP contribution in [0.3, 0.4) is 0 Å². The number of nitrogens with one attached hydrogen (secondary N) is 3. The van der Waals surface area contributed by atoms with E-state index in [2.05, 4.69) is 27.0 Å². The van der Waals surface area contributed by atoms with Gasteiger partial charge in [0.15, 0.2) is 0 Å². The average Bonchev–Trinajstić information content (AvgIpc) is 2.75. The third-order valence-corrected chi connectivity index (χ3v) is 4.36. The summed E-state index contributed by atoms with van der Waals surface area (Å²) in [5.74, 6) is -1.41. The fraction of sp³-hybridized carbons (Fsp3) is 0.0870. The van der Waals surface area contributed by atoms with Crippen LogP contribution >= 0.6 is 0 Å². The largest absolute Gasteiger partial charge is 0.388 e. The molecule has 0 saturated carbocycles. The zero-order chi connectivity index (χ0) is 21.5. The van der Waals surface area contributed by atoms with E-state index in [1.54, 1.807) is 49.5 Å². The molecule has 156 valence electrons. The van der Waals surface area contributed by atoms with Gasteiger partial charge in [-0.3, -0.25) is 14.6 Å². The summed E-state index contributed by atoms with van der Waals surface area (Å²) in [5.41, 5.74) is 1.73. The van der Waals surface area contributed by atoms with Gasteiger partial charge in [-0.25, -0.2) is 16.5 Å². The molecule has 0 unspecified atom stereocenters. The summed E-state index contributed by atoms with van der Waals surface area (Å²) in [5, 5.41) is 8.23. The summed E-state index contributed by atoms with van der Waals surface area (Å²) in [6.45, 7) is 1.83. The first-order valence-electron chi connectivity index (χ1n) is 9.21. The average molecular weight is 641 g/mol. The number of anilines is 2. The van der Waals surface area contributed by atoms with Gasteiger partial charge in [0.25, 0.3) is 11.8 Å². The number of nitrogens with zero attached hydrogens (tertiary/aromatic N) is 1. The molecule has 0 aliphatic heterocycles. The number of aromatic nitrogens is 1. The van der Waals surface area contributed by atoms with Crippen molar-refractivity contribution in [3.05, 3.63) is 95.4 Å². The number of hydrogen-bond acceptors (Lipinski definition) is 4. The van der Waals surface area contributed by atoms with E-state index in [4.69, 9.17) is 0 Å². The summed E-state index contributed by atoms with van der Waals surface area (Å²) in [6, 6.07) is 16.8. The molecule has 3 rings (SSSR count). The quantitative estimate of drug-likeness (QED) is 0.354. The van der Waals surface area contributed by atoms with E-state index in [9.17, 15) is 14.0 Å². The molecule has 2 amide bonds. The second-order valence-corrected chi connectivity index (χ2v) is 6.24. The van der Waals surface area contributed by atoms with Crippen LogP contribution in [0.15, 0.2) is 66.9 Å². The molecule has 0 fully saturated rings. The summed E-state index contributed by atoms with van der Waals surface area (Å²) in [4.78, 5) is 29.3. The standard InChI is InChI=1S/C23H20FN4O2.U/c1-3-19(25-2)15-11-12-16(18(24)14-15)22(29)27-20-9-5-4-8-17(20)23(30)28-21-10-6-7-13-26-21;/h3-6,8-14,25H,1-2H3,(H,27,29)(H,26,28,30);/q-1;/b19-3+;. The molecule has 31 heavy (non-hydrogen) atoms. The zero-order valence-electron chi connectivity index (χ0n) is 17.0. The van der Waals surface area contributed by atoms with E-state index in [-0.39, 0.29) is 47.9 Å². The molecule has 3 N–H and O–H groups in total. The van der Waals surface area contributed by atoms with Crippen molar-refractivity contribution in [3.8, 4) is 0 Å². The zero-order valence-corrected chi connectivity index (χ0v) is 21.2. The predicted octanol–water partition coefficient (Wildman–Crippen LogP) is 4.11. The van der Waals surface area contributed by atoms with Crippen LogP contribution in [0.1, 0.15) is 33.2 Å². The summed E-state index contributed by atoms with van der Waals surface area (Å²) < 4.78 is 14.6. The number of pyridine rings is 1. The van der Waals surface area contributed by atoms with Crippen LogP contribution in [0.5, 0.6) is 0 Å². The molecular formula is C23H20FN4O2U-. The minimum absolute atomic E-state index is 0. The fourth-order valence-corrected chi connectivity index (χ4v) is 2.88. The maximum atomic E-state index is 14.6. The van der Waals surface area contributed by atoms with Crippen LogP contribution in [-0.2, 0) is 0 Å². The van der Waals surface area contributed by atoms with E-state index >= 15 is 0 Å². The third kappa shape index (κ3) is 6.03. The number of carbonyl (C=O) groups is 2. The van der Waals surface area contributed by atoms with E-state index in [0.717, 1.165) is 5.70 Å². The number of carbonyl (C=O) groups excluding carboxylic acids is 2. The Bertz CT molecular complexity index is 1100. The number of allylic oxidation sites excluding steroid dienone is 1. The fourth-order valence-electron chi connectivity index (χ4n) is 2.88. The van der Waals surface area contributed by atoms with Gasteiger partial charge in [0.2, 0.25) is 0 Å². The molecule has 0 saturated heterocycles. The first kappa shape index (κ1) is 24.3. The van der Waals surface area contributed by atoms with E-state index in [0.29, 0.717) is 11.4 Å². The number of amides is 2. The Labute approximate surface area is 203 Å². The van der Waals surface area contributed by atoms with Gasteiger partial charge < -0.3 is 16.0 Å². The Balaban J connectivity index is 0.00000341. The van der Waals surface area contributed by atoms with Gasteiger partial charge >= 0.3 is 0 Å². The number of rotatable bonds is 6. The molecule has 3 aromatic rings. The van der Waals surface area contributed by atoms with Gasteiger partial charge in [0, 0.05) is 55.2 Å². The SMILES string of the molecule is C/C=C(/NC)c1ccc(C(=O)Nc2ccccc2C(=O)Nc2cc[c-]cn2)c(F)c1.[U]. The normalized spacial score (nSPS) is 10.6. The van der Waals surface area contributed by atoms with Gasteiger partial charge in [-0.15, -0.1) is 0 Å². The number of para-hydroxylation sites is 1. The van der Waals surface area contributed by atoms with Crippen molar-refractivity contribution >= 4 is 29.0 Å². The maximum Gasteiger partial charge on any atom is 0.258 e. The monoisotopic (exact) mass is 641 g/mol. The minimum atomic E-state index is -0.661. The minimum Gasteiger partial charge on any atom is -0.388 e. The smallest absolute Gasteiger partial charge is 0.258 e. The molecule has 0 atom stereocenters. The second kappa shape index (κ2) is 11.4. The van der Waals surface area contributed by atoms with Crippen molar-refractivity contribution in [2.45, 2.75) is 6.92 Å². The Morgan fingerprint density at radius 3 is 2.42 bits per heavy atom. The van der Waals surface area contributed by atoms with Crippen molar-refractivity contribution in [1.29, 1.82) is 0 Å². The molecule has 0 spiro atoms. The number of benzene rings is 2. The van der Waals surface area contributed by atoms with Crippen molar-refractivity contribution < 1.29 is 45.1 Å². The first-order valence-corrected chi connectivity index (χ1v) is 9.21. The Morgan fingerprint density at radius 2 is 1.77 bits per heavy atom. The summed E-state index contributed by atoms with van der Waals surface area (Å²) >= 11 is 0. The summed E-state index contributed by atoms with van der Waals surface area (Å²) in [6.07, 6.45) is 3.24. The van der Waals surface area contributed by atoms with Gasteiger partial charge in [0.05, 0.1) is 16.8 Å². The third-order valence-electron chi connectivity index (χ3n) is 4.36. The van der Waals surface area contributed by atoms with Gasteiger partial charge in [-0.05, 0) is 31.2 Å². The first-order chi connectivity index (χ1) is 14.5. The van der Waals surface area contributed by atoms with Crippen molar-refractivity contribution in [3.63, 3.8) is 0 Å². The summed E-state index contributed by atoms with van der Waals surface area (Å²) in [7, 11) is 1.74. The molecule has 0 bridgehead atoms. The molecular weight excluding hydrogens is 621 g/mol. The van der Waals surface area contributed by atoms with Crippen LogP contribution < -0.4 is 16.0 Å². The number of hydrogen-bond donors (Lipinski definition) is 3. The van der Waals surface area contributed by atoms with Gasteiger partial charge in [-0.1, -0.05) is 30.5 Å². The number of halogens is 1. The van der Waals surface area contributed by atoms with Crippen LogP contribution in [-0.4, -0.2) is 23.8 Å². The van der Waals surface area contributed by atoms with E-state index in [1.807, 2.05) is 13.0 Å². The molecule has 6 nitrogen and oxygen atoms in total. The molecule has 0 aliphatic rings. The Kier molecular flexibility index (Phi) is 8.98. The molecule has 2 aromatic carbocycles. The van der Waals surface area contributed by atoms with Crippen LogP contribution in [0, 0.1) is 43.0 Å². The van der Waals surface area contributed by atoms with Crippen LogP contribution in [0.2, 0.25) is 0 Å². The molecule has 0 aliphatic carbocycles. The second-order valence-electron chi connectivity index (χ2n) is 6.24. The van der Waals surface area contributed by atoms with E-state index < -0.39 is 17.6 Å². The molecule has 0 radical (unpaired) electrons. The van der Waals surface area contributed by atoms with Crippen molar-refractivity contribution in [1.82, 2.24) is 10.3 Å². The maximum absolute atomic E-state index is 14.6.